The van der Waals surface area contributed by atoms with Crippen molar-refractivity contribution < 1.29 is 24.2 Å². The molecule has 0 saturated carbocycles. The molecular weight excluding hydrogens is 482 g/mol. The Labute approximate surface area is 221 Å². The molecule has 0 aromatic heterocycles. The van der Waals surface area contributed by atoms with Gasteiger partial charge in [-0.2, -0.15) is 0 Å². The lowest BCUT2D eigenvalue weighted by molar-refractivity contribution is -0.147. The maximum absolute atomic E-state index is 14.2. The predicted octanol–water partition coefficient (Wildman–Crippen LogP) is 2.15. The van der Waals surface area contributed by atoms with E-state index in [-0.39, 0.29) is 30.9 Å². The van der Waals surface area contributed by atoms with Crippen LogP contribution < -0.4 is 4.90 Å². The van der Waals surface area contributed by atoms with E-state index in [0.29, 0.717) is 26.1 Å². The first kappa shape index (κ1) is 24.6. The van der Waals surface area contributed by atoms with Crippen LogP contribution in [-0.2, 0) is 25.7 Å². The van der Waals surface area contributed by atoms with E-state index in [1.165, 1.54) is 0 Å². The standard InChI is InChI=1S/C30H31N3O5/c34-19-9-18-33-26-29(37)31(20-21-10-3-1-4-11-21)16-8-15-30(26)25(28(33)36)24-23(38-30)14-7-17-32(27(24)35)22-12-5-2-6-13-22/h1-8,10-15,23-26,34H,9,16-20H2/t23-,24+,25-,26?,30-/m0/s1. The summed E-state index contributed by atoms with van der Waals surface area (Å²) in [5.74, 6) is -2.27. The molecular formula is C30H31N3O5. The minimum absolute atomic E-state index is 0.109. The Balaban J connectivity index is 1.40. The van der Waals surface area contributed by atoms with Crippen molar-refractivity contribution in [3.05, 3.63) is 90.5 Å². The lowest BCUT2D eigenvalue weighted by Gasteiger charge is -2.35. The van der Waals surface area contributed by atoms with Crippen molar-refractivity contribution in [1.82, 2.24) is 9.80 Å². The van der Waals surface area contributed by atoms with Gasteiger partial charge in [0.1, 0.15) is 11.6 Å². The summed E-state index contributed by atoms with van der Waals surface area (Å²) in [4.78, 5) is 47.3. The van der Waals surface area contributed by atoms with Crippen LogP contribution >= 0.6 is 0 Å². The quantitative estimate of drug-likeness (QED) is 0.598. The number of hydrogen-bond acceptors (Lipinski definition) is 5. The van der Waals surface area contributed by atoms with E-state index in [1.807, 2.05) is 85.0 Å². The molecule has 196 valence electrons. The summed E-state index contributed by atoms with van der Waals surface area (Å²) in [5.41, 5.74) is 0.482. The van der Waals surface area contributed by atoms with Crippen molar-refractivity contribution in [3.63, 3.8) is 0 Å². The number of carbonyl (C=O) groups is 3. The minimum Gasteiger partial charge on any atom is -0.396 e. The highest BCUT2D eigenvalue weighted by atomic mass is 16.5. The van der Waals surface area contributed by atoms with Gasteiger partial charge in [-0.15, -0.1) is 0 Å². The fourth-order valence-corrected chi connectivity index (χ4v) is 6.45. The molecule has 2 saturated heterocycles. The summed E-state index contributed by atoms with van der Waals surface area (Å²) >= 11 is 0. The average molecular weight is 514 g/mol. The molecule has 1 spiro atoms. The number of fused-ring (bicyclic) bond motifs is 2. The van der Waals surface area contributed by atoms with E-state index in [1.54, 1.807) is 14.7 Å². The molecule has 1 N–H and O–H groups in total. The first-order chi connectivity index (χ1) is 18.5. The largest absolute Gasteiger partial charge is 0.396 e. The number of hydrogen-bond donors (Lipinski definition) is 1. The topological polar surface area (TPSA) is 90.4 Å². The van der Waals surface area contributed by atoms with Gasteiger partial charge in [-0.05, 0) is 24.1 Å². The van der Waals surface area contributed by atoms with Crippen LogP contribution in [0.3, 0.4) is 0 Å². The molecule has 6 rings (SSSR count). The fraction of sp³-hybridized carbons (Fsp3) is 0.367. The van der Waals surface area contributed by atoms with Gasteiger partial charge in [-0.1, -0.05) is 72.8 Å². The third-order valence-electron chi connectivity index (χ3n) is 8.08. The van der Waals surface area contributed by atoms with Crippen LogP contribution in [0.15, 0.2) is 85.0 Å². The lowest BCUT2D eigenvalue weighted by Crippen LogP contribution is -2.55. The first-order valence-electron chi connectivity index (χ1n) is 13.2. The second kappa shape index (κ2) is 9.85. The average Bonchev–Trinajstić information content (AvgIpc) is 3.25. The Bertz CT molecular complexity index is 1280. The lowest BCUT2D eigenvalue weighted by atomic mass is 9.77. The van der Waals surface area contributed by atoms with Gasteiger partial charge in [0.05, 0.1) is 17.9 Å². The molecule has 4 aliphatic heterocycles. The molecule has 0 radical (unpaired) electrons. The molecule has 4 heterocycles. The second-order valence-corrected chi connectivity index (χ2v) is 10.3. The van der Waals surface area contributed by atoms with Gasteiger partial charge in [0, 0.05) is 38.5 Å². The van der Waals surface area contributed by atoms with Crippen molar-refractivity contribution in [1.29, 1.82) is 0 Å². The highest BCUT2D eigenvalue weighted by Gasteiger charge is 2.71. The Morgan fingerprint density at radius 2 is 1.63 bits per heavy atom. The van der Waals surface area contributed by atoms with Crippen molar-refractivity contribution in [3.8, 4) is 0 Å². The van der Waals surface area contributed by atoms with Crippen LogP contribution in [0.4, 0.5) is 5.69 Å². The van der Waals surface area contributed by atoms with Crippen LogP contribution in [0.1, 0.15) is 12.0 Å². The Morgan fingerprint density at radius 1 is 0.895 bits per heavy atom. The Kier molecular flexibility index (Phi) is 6.37. The molecule has 2 aromatic rings. The first-order valence-corrected chi connectivity index (χ1v) is 13.2. The molecule has 2 aromatic carbocycles. The van der Waals surface area contributed by atoms with Crippen LogP contribution in [0.25, 0.3) is 0 Å². The number of nitrogens with zero attached hydrogens (tertiary/aromatic N) is 3. The van der Waals surface area contributed by atoms with Crippen LogP contribution in [-0.4, -0.2) is 76.6 Å². The molecule has 2 fully saturated rings. The zero-order chi connectivity index (χ0) is 26.3. The summed E-state index contributed by atoms with van der Waals surface area (Å²) < 4.78 is 6.65. The van der Waals surface area contributed by atoms with Gasteiger partial charge in [-0.25, -0.2) is 0 Å². The van der Waals surface area contributed by atoms with E-state index >= 15 is 0 Å². The van der Waals surface area contributed by atoms with Gasteiger partial charge in [0.2, 0.25) is 17.7 Å². The monoisotopic (exact) mass is 513 g/mol. The fourth-order valence-electron chi connectivity index (χ4n) is 6.45. The molecule has 8 nitrogen and oxygen atoms in total. The second-order valence-electron chi connectivity index (χ2n) is 10.3. The smallest absolute Gasteiger partial charge is 0.249 e. The summed E-state index contributed by atoms with van der Waals surface area (Å²) in [6, 6.07) is 18.2. The van der Waals surface area contributed by atoms with Gasteiger partial charge in [-0.3, -0.25) is 14.4 Å². The molecule has 8 heteroatoms. The number of anilines is 1. The van der Waals surface area contributed by atoms with Crippen molar-refractivity contribution in [2.75, 3.05) is 31.1 Å². The number of rotatable bonds is 6. The summed E-state index contributed by atoms with van der Waals surface area (Å²) in [7, 11) is 0. The third-order valence-corrected chi connectivity index (χ3v) is 8.08. The van der Waals surface area contributed by atoms with Crippen molar-refractivity contribution >= 4 is 23.4 Å². The van der Waals surface area contributed by atoms with Gasteiger partial charge in [0.15, 0.2) is 0 Å². The molecule has 0 bridgehead atoms. The maximum atomic E-state index is 14.2. The van der Waals surface area contributed by atoms with E-state index in [4.69, 9.17) is 4.74 Å². The number of para-hydroxylation sites is 1. The number of aliphatic hydroxyl groups is 1. The van der Waals surface area contributed by atoms with Crippen LogP contribution in [0.2, 0.25) is 0 Å². The molecule has 1 unspecified atom stereocenters. The number of ether oxygens (including phenoxy) is 1. The van der Waals surface area contributed by atoms with Crippen LogP contribution in [0, 0.1) is 11.8 Å². The molecule has 38 heavy (non-hydrogen) atoms. The highest BCUT2D eigenvalue weighted by Crippen LogP contribution is 2.53. The number of aliphatic hydroxyl groups excluding tert-OH is 1. The highest BCUT2D eigenvalue weighted by molar-refractivity contribution is 6.03. The van der Waals surface area contributed by atoms with Gasteiger partial charge in [0.25, 0.3) is 0 Å². The molecule has 3 amide bonds. The van der Waals surface area contributed by atoms with E-state index in [0.717, 1.165) is 11.3 Å². The molecule has 4 aliphatic rings. The van der Waals surface area contributed by atoms with E-state index in [2.05, 4.69) is 0 Å². The zero-order valence-corrected chi connectivity index (χ0v) is 21.1. The Hall–Kier alpha value is -3.75. The normalized spacial score (nSPS) is 30.2. The number of amides is 3. The third kappa shape index (κ3) is 3.87. The predicted molar refractivity (Wildman–Crippen MR) is 141 cm³/mol. The Morgan fingerprint density at radius 3 is 2.37 bits per heavy atom. The number of benzene rings is 2. The number of likely N-dealkylation sites (tertiary alicyclic amines) is 1. The summed E-state index contributed by atoms with van der Waals surface area (Å²) in [5, 5.41) is 9.56. The molecule has 5 atom stereocenters. The van der Waals surface area contributed by atoms with Gasteiger partial charge < -0.3 is 24.5 Å². The van der Waals surface area contributed by atoms with Crippen molar-refractivity contribution in [2.24, 2.45) is 11.8 Å². The minimum atomic E-state index is -1.26. The van der Waals surface area contributed by atoms with Crippen LogP contribution in [0.5, 0.6) is 0 Å². The number of carbonyl (C=O) groups excluding carboxylic acids is 3. The van der Waals surface area contributed by atoms with E-state index in [9.17, 15) is 19.5 Å². The maximum Gasteiger partial charge on any atom is 0.249 e. The summed E-state index contributed by atoms with van der Waals surface area (Å²) in [6.07, 6.45) is 7.23. The SMILES string of the molecule is O=C1C2N(CCCO)C(=O)[C@@H]3[C@@H]4C(=O)N(c5ccccc5)CC=C[C@@H]4O[C@]23C=CCN1Cc1ccccc1. The van der Waals surface area contributed by atoms with Gasteiger partial charge >= 0.3 is 0 Å². The van der Waals surface area contributed by atoms with E-state index < -0.39 is 29.6 Å². The zero-order valence-electron chi connectivity index (χ0n) is 21.1. The van der Waals surface area contributed by atoms with Crippen molar-refractivity contribution in [2.45, 2.75) is 30.7 Å². The summed E-state index contributed by atoms with van der Waals surface area (Å²) in [6.45, 7) is 1.26. The molecule has 0 aliphatic carbocycles.